The summed E-state index contributed by atoms with van der Waals surface area (Å²) >= 11 is 0. The van der Waals surface area contributed by atoms with Crippen molar-refractivity contribution in [2.75, 3.05) is 31.1 Å². The highest BCUT2D eigenvalue weighted by molar-refractivity contribution is 6.09. The summed E-state index contributed by atoms with van der Waals surface area (Å²) < 4.78 is 12.9. The average molecular weight is 285 g/mol. The molecule has 21 heavy (non-hydrogen) atoms. The van der Waals surface area contributed by atoms with Gasteiger partial charge in [0, 0.05) is 16.8 Å². The lowest BCUT2D eigenvalue weighted by Crippen LogP contribution is -2.89. The van der Waals surface area contributed by atoms with Crippen LogP contribution in [0.2, 0.25) is 0 Å². The Kier molecular flexibility index (Phi) is 3.97. The van der Waals surface area contributed by atoms with Crippen LogP contribution < -0.4 is 10.2 Å². The molecule has 1 aliphatic heterocycles. The summed E-state index contributed by atoms with van der Waals surface area (Å²) in [6.45, 7) is 4.28. The fourth-order valence-corrected chi connectivity index (χ4v) is 2.60. The van der Waals surface area contributed by atoms with Crippen LogP contribution in [-0.4, -0.2) is 32.0 Å². The van der Waals surface area contributed by atoms with Gasteiger partial charge in [0.2, 0.25) is 0 Å². The number of rotatable bonds is 3. The molecule has 0 aliphatic carbocycles. The van der Waals surface area contributed by atoms with E-state index in [2.05, 4.69) is 10.2 Å². The van der Waals surface area contributed by atoms with E-state index in [9.17, 15) is 9.18 Å². The van der Waals surface area contributed by atoms with Gasteiger partial charge in [0.1, 0.15) is 5.82 Å². The number of ketones is 1. The number of quaternary nitrogens is 1. The third-order valence-electron chi connectivity index (χ3n) is 3.81. The minimum atomic E-state index is -0.330. The molecule has 108 valence electrons. The molecule has 0 amide bonds. The molecule has 3 rings (SSSR count). The first-order chi connectivity index (χ1) is 10.2. The molecule has 0 unspecified atom stereocenters. The number of nitrogens with zero attached hydrogens (tertiary/aromatic N) is 1. The Morgan fingerprint density at radius 1 is 0.905 bits per heavy atom. The van der Waals surface area contributed by atoms with Crippen molar-refractivity contribution in [2.45, 2.75) is 0 Å². The Morgan fingerprint density at radius 2 is 1.43 bits per heavy atom. The van der Waals surface area contributed by atoms with Crippen LogP contribution in [0.1, 0.15) is 15.9 Å². The molecule has 0 saturated carbocycles. The van der Waals surface area contributed by atoms with E-state index >= 15 is 0 Å². The van der Waals surface area contributed by atoms with Gasteiger partial charge in [-0.1, -0.05) is 0 Å². The van der Waals surface area contributed by atoms with Crippen LogP contribution in [-0.2, 0) is 0 Å². The van der Waals surface area contributed by atoms with Crippen molar-refractivity contribution >= 4 is 11.5 Å². The number of anilines is 1. The molecule has 0 atom stereocenters. The second kappa shape index (κ2) is 6.06. The highest BCUT2D eigenvalue weighted by Crippen LogP contribution is 2.17. The molecule has 2 N–H and O–H groups in total. The number of carbonyl (C=O) groups is 1. The number of piperazine rings is 1. The molecule has 4 heteroatoms. The number of hydrogen-bond donors (Lipinski definition) is 1. The first kappa shape index (κ1) is 13.8. The van der Waals surface area contributed by atoms with Gasteiger partial charge in [-0.15, -0.1) is 0 Å². The van der Waals surface area contributed by atoms with Gasteiger partial charge < -0.3 is 10.2 Å². The first-order valence-electron chi connectivity index (χ1n) is 7.21. The van der Waals surface area contributed by atoms with Crippen molar-refractivity contribution in [3.05, 3.63) is 65.5 Å². The maximum Gasteiger partial charge on any atom is 0.193 e. The Hall–Kier alpha value is -2.20. The van der Waals surface area contributed by atoms with Crippen molar-refractivity contribution in [3.63, 3.8) is 0 Å². The van der Waals surface area contributed by atoms with E-state index in [0.29, 0.717) is 11.1 Å². The Morgan fingerprint density at radius 3 is 2.00 bits per heavy atom. The van der Waals surface area contributed by atoms with Crippen LogP contribution >= 0.6 is 0 Å². The number of halogens is 1. The standard InChI is InChI=1S/C17H17FN2O/c18-15-5-1-13(2-6-15)17(21)14-3-7-16(8-4-14)20-11-9-19-10-12-20/h1-8,19H,9-12H2/p+1. The Labute approximate surface area is 123 Å². The molecule has 3 nitrogen and oxygen atoms in total. The van der Waals surface area contributed by atoms with Gasteiger partial charge in [0.05, 0.1) is 26.2 Å². The van der Waals surface area contributed by atoms with Gasteiger partial charge in [-0.3, -0.25) is 4.79 Å². The van der Waals surface area contributed by atoms with Crippen molar-refractivity contribution in [1.82, 2.24) is 0 Å². The molecule has 0 aromatic heterocycles. The van der Waals surface area contributed by atoms with E-state index < -0.39 is 0 Å². The van der Waals surface area contributed by atoms with Crippen LogP contribution in [0.5, 0.6) is 0 Å². The molecule has 2 aromatic rings. The molecule has 0 spiro atoms. The Bertz CT molecular complexity index is 616. The van der Waals surface area contributed by atoms with E-state index in [4.69, 9.17) is 0 Å². The van der Waals surface area contributed by atoms with Gasteiger partial charge in [-0.05, 0) is 48.5 Å². The van der Waals surface area contributed by atoms with Crippen molar-refractivity contribution in [3.8, 4) is 0 Å². The molecule has 0 bridgehead atoms. The number of benzene rings is 2. The molecule has 1 aliphatic rings. The Balaban J connectivity index is 1.77. The van der Waals surface area contributed by atoms with Crippen LogP contribution in [0.25, 0.3) is 0 Å². The predicted octanol–water partition coefficient (Wildman–Crippen LogP) is 1.44. The fraction of sp³-hybridized carbons (Fsp3) is 0.235. The molecular formula is C17H18FN2O+. The van der Waals surface area contributed by atoms with Crippen molar-refractivity contribution < 1.29 is 14.5 Å². The quantitative estimate of drug-likeness (QED) is 0.867. The summed E-state index contributed by atoms with van der Waals surface area (Å²) in [5.41, 5.74) is 2.30. The van der Waals surface area contributed by atoms with E-state index in [1.54, 1.807) is 0 Å². The smallest absolute Gasteiger partial charge is 0.193 e. The maximum atomic E-state index is 12.9. The highest BCUT2D eigenvalue weighted by atomic mass is 19.1. The van der Waals surface area contributed by atoms with Gasteiger partial charge in [-0.2, -0.15) is 0 Å². The monoisotopic (exact) mass is 285 g/mol. The molecule has 1 fully saturated rings. The fourth-order valence-electron chi connectivity index (χ4n) is 2.60. The summed E-state index contributed by atoms with van der Waals surface area (Å²) in [6, 6.07) is 13.3. The van der Waals surface area contributed by atoms with E-state index in [-0.39, 0.29) is 11.6 Å². The van der Waals surface area contributed by atoms with Crippen LogP contribution in [0.3, 0.4) is 0 Å². The SMILES string of the molecule is O=C(c1ccc(F)cc1)c1ccc(N2CC[NH2+]CC2)cc1. The van der Waals surface area contributed by atoms with Crippen molar-refractivity contribution in [1.29, 1.82) is 0 Å². The lowest BCUT2D eigenvalue weighted by atomic mass is 10.0. The molecular weight excluding hydrogens is 267 g/mol. The zero-order chi connectivity index (χ0) is 14.7. The summed E-state index contributed by atoms with van der Waals surface area (Å²) in [7, 11) is 0. The normalized spacial score (nSPS) is 15.0. The zero-order valence-electron chi connectivity index (χ0n) is 11.8. The number of carbonyl (C=O) groups excluding carboxylic acids is 1. The van der Waals surface area contributed by atoms with E-state index in [1.165, 1.54) is 24.3 Å². The second-order valence-electron chi connectivity index (χ2n) is 5.24. The van der Waals surface area contributed by atoms with Gasteiger partial charge >= 0.3 is 0 Å². The third kappa shape index (κ3) is 3.11. The molecule has 1 saturated heterocycles. The third-order valence-corrected chi connectivity index (χ3v) is 3.81. The minimum Gasteiger partial charge on any atom is -0.360 e. The topological polar surface area (TPSA) is 36.9 Å². The zero-order valence-corrected chi connectivity index (χ0v) is 11.8. The van der Waals surface area contributed by atoms with Crippen LogP contribution in [0.4, 0.5) is 10.1 Å². The lowest BCUT2D eigenvalue weighted by Gasteiger charge is -2.27. The average Bonchev–Trinajstić information content (AvgIpc) is 2.56. The maximum absolute atomic E-state index is 12.9. The summed E-state index contributed by atoms with van der Waals surface area (Å²) in [6.07, 6.45) is 0. The van der Waals surface area contributed by atoms with Gasteiger partial charge in [0.25, 0.3) is 0 Å². The van der Waals surface area contributed by atoms with Crippen LogP contribution in [0.15, 0.2) is 48.5 Å². The molecule has 2 aromatic carbocycles. The second-order valence-corrected chi connectivity index (χ2v) is 5.24. The van der Waals surface area contributed by atoms with E-state index in [0.717, 1.165) is 31.9 Å². The lowest BCUT2D eigenvalue weighted by molar-refractivity contribution is -0.655. The first-order valence-corrected chi connectivity index (χ1v) is 7.21. The highest BCUT2D eigenvalue weighted by Gasteiger charge is 2.14. The molecule has 1 heterocycles. The van der Waals surface area contributed by atoms with E-state index in [1.807, 2.05) is 24.3 Å². The van der Waals surface area contributed by atoms with Crippen LogP contribution in [0, 0.1) is 5.82 Å². The summed E-state index contributed by atoms with van der Waals surface area (Å²) in [5, 5.41) is 2.31. The number of hydrogen-bond acceptors (Lipinski definition) is 2. The minimum absolute atomic E-state index is 0.0754. The summed E-state index contributed by atoms with van der Waals surface area (Å²) in [5.74, 6) is -0.405. The van der Waals surface area contributed by atoms with Gasteiger partial charge in [0.15, 0.2) is 5.78 Å². The number of nitrogens with two attached hydrogens (primary N) is 1. The van der Waals surface area contributed by atoms with Crippen molar-refractivity contribution in [2.24, 2.45) is 0 Å². The predicted molar refractivity (Wildman–Crippen MR) is 80.1 cm³/mol. The van der Waals surface area contributed by atoms with Gasteiger partial charge in [-0.25, -0.2) is 4.39 Å². The summed E-state index contributed by atoms with van der Waals surface area (Å²) in [4.78, 5) is 14.6. The molecule has 0 radical (unpaired) electrons. The largest absolute Gasteiger partial charge is 0.360 e.